The Balaban J connectivity index is 1.76. The highest BCUT2D eigenvalue weighted by molar-refractivity contribution is 6.04. The first-order chi connectivity index (χ1) is 12.6. The zero-order valence-corrected chi connectivity index (χ0v) is 14.6. The number of anilines is 1. The molecule has 1 aromatic rings. The number of aliphatic carboxylic acids is 1. The van der Waals surface area contributed by atoms with Crippen molar-refractivity contribution in [2.75, 3.05) is 31.6 Å². The van der Waals surface area contributed by atoms with Gasteiger partial charge in [-0.25, -0.2) is 0 Å². The molecule has 1 aliphatic heterocycles. The summed E-state index contributed by atoms with van der Waals surface area (Å²) in [7, 11) is 0. The van der Waals surface area contributed by atoms with Gasteiger partial charge in [0.05, 0.1) is 24.5 Å². The van der Waals surface area contributed by atoms with Crippen molar-refractivity contribution in [3.05, 3.63) is 29.8 Å². The minimum absolute atomic E-state index is 0.163. The SMILES string of the molecule is O=C([O-])[C@H]1CCCC[C@@H]1C(=O)Nc1ccccc1C(=O)N1CCOCC1. The number of benzene rings is 1. The molecular formula is C19H23N2O5-. The molecule has 2 amide bonds. The zero-order valence-electron chi connectivity index (χ0n) is 14.6. The molecule has 0 aromatic heterocycles. The van der Waals surface area contributed by atoms with Crippen molar-refractivity contribution < 1.29 is 24.2 Å². The smallest absolute Gasteiger partial charge is 0.256 e. The predicted molar refractivity (Wildman–Crippen MR) is 92.2 cm³/mol. The molecule has 1 aromatic carbocycles. The van der Waals surface area contributed by atoms with Gasteiger partial charge < -0.3 is 24.9 Å². The van der Waals surface area contributed by atoms with Crippen LogP contribution < -0.4 is 10.4 Å². The Hall–Kier alpha value is -2.41. The number of morpholine rings is 1. The number of carboxylic acids is 1. The maximum Gasteiger partial charge on any atom is 0.256 e. The fourth-order valence-electron chi connectivity index (χ4n) is 3.67. The monoisotopic (exact) mass is 359 g/mol. The van der Waals surface area contributed by atoms with Gasteiger partial charge in [0.25, 0.3) is 5.91 Å². The molecule has 26 heavy (non-hydrogen) atoms. The summed E-state index contributed by atoms with van der Waals surface area (Å²) in [6.07, 6.45) is 2.57. The Morgan fingerprint density at radius 1 is 1.04 bits per heavy atom. The number of hydrogen-bond acceptors (Lipinski definition) is 5. The van der Waals surface area contributed by atoms with Crippen LogP contribution in [0, 0.1) is 11.8 Å². The summed E-state index contributed by atoms with van der Waals surface area (Å²) in [5.74, 6) is -3.10. The standard InChI is InChI=1S/C19H24N2O5/c22-17(13-5-1-2-6-14(13)19(24)25)20-16-8-4-3-7-15(16)18(23)21-9-11-26-12-10-21/h3-4,7-8,13-14H,1-2,5-6,9-12H2,(H,20,22)(H,24,25)/p-1/t13-,14-/m0/s1. The van der Waals surface area contributed by atoms with E-state index in [2.05, 4.69) is 5.32 Å². The summed E-state index contributed by atoms with van der Waals surface area (Å²) in [6.45, 7) is 2.01. The van der Waals surface area contributed by atoms with E-state index in [-0.39, 0.29) is 11.8 Å². The van der Waals surface area contributed by atoms with E-state index < -0.39 is 17.8 Å². The molecule has 1 N–H and O–H groups in total. The first-order valence-corrected chi connectivity index (χ1v) is 9.05. The van der Waals surface area contributed by atoms with Crippen LogP contribution in [0.25, 0.3) is 0 Å². The van der Waals surface area contributed by atoms with E-state index in [0.717, 1.165) is 12.8 Å². The van der Waals surface area contributed by atoms with Gasteiger partial charge in [-0.2, -0.15) is 0 Å². The second-order valence-corrected chi connectivity index (χ2v) is 6.76. The maximum absolute atomic E-state index is 12.8. The van der Waals surface area contributed by atoms with E-state index in [1.54, 1.807) is 29.2 Å². The number of carbonyl (C=O) groups excluding carboxylic acids is 3. The fourth-order valence-corrected chi connectivity index (χ4v) is 3.67. The minimum atomic E-state index is -1.18. The molecule has 1 saturated heterocycles. The van der Waals surface area contributed by atoms with Gasteiger partial charge in [-0.05, 0) is 25.0 Å². The third kappa shape index (κ3) is 4.04. The molecule has 1 saturated carbocycles. The molecule has 1 heterocycles. The third-order valence-electron chi connectivity index (χ3n) is 5.12. The number of amides is 2. The average molecular weight is 359 g/mol. The molecule has 3 rings (SSSR count). The van der Waals surface area contributed by atoms with Crippen molar-refractivity contribution in [2.45, 2.75) is 25.7 Å². The van der Waals surface area contributed by atoms with Gasteiger partial charge in [0, 0.05) is 30.9 Å². The number of para-hydroxylation sites is 1. The Bertz CT molecular complexity index is 684. The Morgan fingerprint density at radius 2 is 1.69 bits per heavy atom. The van der Waals surface area contributed by atoms with Crippen LogP contribution in [0.2, 0.25) is 0 Å². The lowest BCUT2D eigenvalue weighted by atomic mass is 9.78. The van der Waals surface area contributed by atoms with Crippen molar-refractivity contribution in [3.63, 3.8) is 0 Å². The van der Waals surface area contributed by atoms with Gasteiger partial charge in [-0.3, -0.25) is 9.59 Å². The second-order valence-electron chi connectivity index (χ2n) is 6.76. The van der Waals surface area contributed by atoms with E-state index in [9.17, 15) is 19.5 Å². The van der Waals surface area contributed by atoms with Gasteiger partial charge in [0.15, 0.2) is 0 Å². The van der Waals surface area contributed by atoms with Gasteiger partial charge in [0.1, 0.15) is 0 Å². The quantitative estimate of drug-likeness (QED) is 0.851. The summed E-state index contributed by atoms with van der Waals surface area (Å²) in [6, 6.07) is 6.82. The molecule has 2 aliphatic rings. The second kappa shape index (κ2) is 8.31. The molecule has 0 unspecified atom stereocenters. The highest BCUT2D eigenvalue weighted by Gasteiger charge is 2.32. The highest BCUT2D eigenvalue weighted by atomic mass is 16.5. The van der Waals surface area contributed by atoms with E-state index in [1.807, 2.05) is 0 Å². The van der Waals surface area contributed by atoms with E-state index in [0.29, 0.717) is 50.4 Å². The van der Waals surface area contributed by atoms with Crippen LogP contribution >= 0.6 is 0 Å². The zero-order chi connectivity index (χ0) is 18.5. The average Bonchev–Trinajstić information content (AvgIpc) is 2.68. The summed E-state index contributed by atoms with van der Waals surface area (Å²) in [5, 5.41) is 14.1. The van der Waals surface area contributed by atoms with Gasteiger partial charge >= 0.3 is 0 Å². The van der Waals surface area contributed by atoms with Crippen LogP contribution in [0.1, 0.15) is 36.0 Å². The number of ether oxygens (including phenoxy) is 1. The fraction of sp³-hybridized carbons (Fsp3) is 0.526. The number of rotatable bonds is 4. The van der Waals surface area contributed by atoms with Crippen LogP contribution in [-0.2, 0) is 14.3 Å². The van der Waals surface area contributed by atoms with Gasteiger partial charge in [0.2, 0.25) is 5.91 Å². The van der Waals surface area contributed by atoms with Crippen LogP contribution in [0.3, 0.4) is 0 Å². The highest BCUT2D eigenvalue weighted by Crippen LogP contribution is 2.31. The van der Waals surface area contributed by atoms with E-state index in [4.69, 9.17) is 4.74 Å². The molecule has 7 nitrogen and oxygen atoms in total. The predicted octanol–water partition coefficient (Wildman–Crippen LogP) is 0.654. The summed E-state index contributed by atoms with van der Waals surface area (Å²) < 4.78 is 5.27. The molecule has 0 spiro atoms. The largest absolute Gasteiger partial charge is 0.550 e. The Morgan fingerprint density at radius 3 is 2.38 bits per heavy atom. The van der Waals surface area contributed by atoms with Gasteiger partial charge in [-0.1, -0.05) is 25.0 Å². The van der Waals surface area contributed by atoms with Crippen molar-refractivity contribution in [1.29, 1.82) is 0 Å². The van der Waals surface area contributed by atoms with Crippen LogP contribution in [-0.4, -0.2) is 49.0 Å². The normalized spacial score (nSPS) is 23.3. The minimum Gasteiger partial charge on any atom is -0.550 e. The Kier molecular flexibility index (Phi) is 5.88. The molecule has 2 fully saturated rings. The van der Waals surface area contributed by atoms with Crippen molar-refractivity contribution in [3.8, 4) is 0 Å². The van der Waals surface area contributed by atoms with E-state index in [1.165, 1.54) is 0 Å². The van der Waals surface area contributed by atoms with Crippen LogP contribution in [0.5, 0.6) is 0 Å². The molecule has 140 valence electrons. The molecule has 2 atom stereocenters. The number of carboxylic acid groups (broad SMARTS) is 1. The van der Waals surface area contributed by atoms with Crippen molar-refractivity contribution >= 4 is 23.5 Å². The third-order valence-corrected chi connectivity index (χ3v) is 5.12. The lowest BCUT2D eigenvalue weighted by molar-refractivity contribution is -0.313. The Labute approximate surface area is 152 Å². The molecular weight excluding hydrogens is 336 g/mol. The lowest BCUT2D eigenvalue weighted by Crippen LogP contribution is -2.43. The maximum atomic E-state index is 12.8. The van der Waals surface area contributed by atoms with Crippen LogP contribution in [0.4, 0.5) is 5.69 Å². The topological polar surface area (TPSA) is 98.8 Å². The van der Waals surface area contributed by atoms with Gasteiger partial charge in [-0.15, -0.1) is 0 Å². The molecule has 1 aliphatic carbocycles. The van der Waals surface area contributed by atoms with Crippen molar-refractivity contribution in [2.24, 2.45) is 11.8 Å². The number of hydrogen-bond donors (Lipinski definition) is 1. The number of carbonyl (C=O) groups is 3. The lowest BCUT2D eigenvalue weighted by Gasteiger charge is -2.31. The summed E-state index contributed by atoms with van der Waals surface area (Å²) >= 11 is 0. The summed E-state index contributed by atoms with van der Waals surface area (Å²) in [5.41, 5.74) is 0.820. The summed E-state index contributed by atoms with van der Waals surface area (Å²) in [4.78, 5) is 38.5. The molecule has 0 bridgehead atoms. The van der Waals surface area contributed by atoms with Crippen LogP contribution in [0.15, 0.2) is 24.3 Å². The molecule has 7 heteroatoms. The number of nitrogens with one attached hydrogen (secondary N) is 1. The number of nitrogens with zero attached hydrogens (tertiary/aromatic N) is 1. The first kappa shape index (κ1) is 18.4. The molecule has 0 radical (unpaired) electrons. The van der Waals surface area contributed by atoms with Crippen molar-refractivity contribution in [1.82, 2.24) is 4.90 Å². The first-order valence-electron chi connectivity index (χ1n) is 9.05. The van der Waals surface area contributed by atoms with E-state index >= 15 is 0 Å².